The average molecular weight is 352 g/mol. The van der Waals surface area contributed by atoms with Gasteiger partial charge in [-0.15, -0.1) is 0 Å². The van der Waals surface area contributed by atoms with E-state index in [1.807, 2.05) is 60.7 Å². The Morgan fingerprint density at radius 1 is 0.481 bits per heavy atom. The van der Waals surface area contributed by atoms with Crippen molar-refractivity contribution in [2.24, 2.45) is 0 Å². The first-order valence-electron chi connectivity index (χ1n) is 9.02. The molecular formula is C25H14F2. The van der Waals surface area contributed by atoms with Crippen molar-refractivity contribution in [2.45, 2.75) is 5.41 Å². The van der Waals surface area contributed by atoms with Crippen LogP contribution < -0.4 is 0 Å². The summed E-state index contributed by atoms with van der Waals surface area (Å²) in [5.74, 6) is -1.56. The lowest BCUT2D eigenvalue weighted by atomic mass is 9.70. The number of rotatable bonds is 0. The summed E-state index contributed by atoms with van der Waals surface area (Å²) in [5, 5.41) is 0. The second-order valence-corrected chi connectivity index (χ2v) is 7.17. The smallest absolute Gasteiger partial charge is 0.164 e. The lowest BCUT2D eigenvalue weighted by molar-refractivity contribution is 0.492. The molecular weight excluding hydrogens is 338 g/mol. The van der Waals surface area contributed by atoms with Crippen molar-refractivity contribution >= 4 is 0 Å². The molecule has 2 aliphatic rings. The highest BCUT2D eigenvalue weighted by Gasteiger charge is 2.53. The van der Waals surface area contributed by atoms with Crippen LogP contribution in [0.2, 0.25) is 0 Å². The van der Waals surface area contributed by atoms with Gasteiger partial charge in [0.15, 0.2) is 11.6 Å². The fourth-order valence-corrected chi connectivity index (χ4v) is 5.12. The van der Waals surface area contributed by atoms with E-state index in [0.29, 0.717) is 5.56 Å². The molecule has 0 N–H and O–H groups in total. The Balaban J connectivity index is 1.90. The van der Waals surface area contributed by atoms with E-state index in [0.717, 1.165) is 38.9 Å². The zero-order valence-corrected chi connectivity index (χ0v) is 14.3. The first-order chi connectivity index (χ1) is 13.2. The number of fused-ring (bicyclic) bond motifs is 10. The highest BCUT2D eigenvalue weighted by molar-refractivity contribution is 5.94. The van der Waals surface area contributed by atoms with Gasteiger partial charge in [-0.1, -0.05) is 78.9 Å². The largest absolute Gasteiger partial charge is 0.204 e. The summed E-state index contributed by atoms with van der Waals surface area (Å²) in [4.78, 5) is 0. The van der Waals surface area contributed by atoms with E-state index in [1.54, 1.807) is 6.07 Å². The van der Waals surface area contributed by atoms with E-state index in [4.69, 9.17) is 0 Å². The maximum Gasteiger partial charge on any atom is 0.164 e. The molecule has 128 valence electrons. The quantitative estimate of drug-likeness (QED) is 0.301. The van der Waals surface area contributed by atoms with Gasteiger partial charge in [0.05, 0.1) is 5.41 Å². The van der Waals surface area contributed by atoms with Crippen LogP contribution in [0.1, 0.15) is 22.3 Å². The summed E-state index contributed by atoms with van der Waals surface area (Å²) in [6.45, 7) is 0. The zero-order chi connectivity index (χ0) is 18.2. The Morgan fingerprint density at radius 2 is 0.926 bits per heavy atom. The summed E-state index contributed by atoms with van der Waals surface area (Å²) >= 11 is 0. The molecule has 0 nitrogen and oxygen atoms in total. The number of benzene rings is 4. The van der Waals surface area contributed by atoms with Crippen LogP contribution in [0, 0.1) is 11.6 Å². The van der Waals surface area contributed by atoms with Crippen molar-refractivity contribution < 1.29 is 8.78 Å². The maximum absolute atomic E-state index is 15.4. The Morgan fingerprint density at radius 3 is 1.44 bits per heavy atom. The monoisotopic (exact) mass is 352 g/mol. The van der Waals surface area contributed by atoms with E-state index < -0.39 is 17.0 Å². The van der Waals surface area contributed by atoms with Crippen molar-refractivity contribution in [3.8, 4) is 22.3 Å². The Kier molecular flexibility index (Phi) is 2.71. The van der Waals surface area contributed by atoms with Gasteiger partial charge in [0.25, 0.3) is 0 Å². The Hall–Kier alpha value is -3.26. The third-order valence-corrected chi connectivity index (χ3v) is 6.04. The van der Waals surface area contributed by atoms with Crippen molar-refractivity contribution in [3.63, 3.8) is 0 Å². The average Bonchev–Trinajstić information content (AvgIpc) is 3.18. The summed E-state index contributed by atoms with van der Waals surface area (Å²) in [6.07, 6.45) is 0. The summed E-state index contributed by atoms with van der Waals surface area (Å²) in [7, 11) is 0. The highest BCUT2D eigenvalue weighted by atomic mass is 19.2. The van der Waals surface area contributed by atoms with Gasteiger partial charge in [-0.25, -0.2) is 8.78 Å². The van der Waals surface area contributed by atoms with Crippen LogP contribution in [0.4, 0.5) is 8.78 Å². The van der Waals surface area contributed by atoms with Gasteiger partial charge in [-0.05, 0) is 45.0 Å². The standard InChI is InChI=1S/C25H14F2/c26-22-14-13-18-17-9-3-6-12-21(17)25(23(18)24(22)27)19-10-4-1-7-15(19)16-8-2-5-11-20(16)25/h1-14H. The molecule has 0 saturated heterocycles. The molecule has 2 aliphatic carbocycles. The van der Waals surface area contributed by atoms with Crippen LogP contribution in [-0.2, 0) is 5.41 Å². The Bertz CT molecular complexity index is 1190. The van der Waals surface area contributed by atoms with Crippen LogP contribution in [0.15, 0.2) is 84.9 Å². The summed E-state index contributed by atoms with van der Waals surface area (Å²) in [6, 6.07) is 27.1. The third kappa shape index (κ3) is 1.58. The van der Waals surface area contributed by atoms with E-state index in [-0.39, 0.29) is 0 Å². The Labute approximate surface area is 155 Å². The second-order valence-electron chi connectivity index (χ2n) is 7.17. The maximum atomic E-state index is 15.4. The molecule has 0 amide bonds. The normalized spacial score (nSPS) is 14.6. The van der Waals surface area contributed by atoms with E-state index in [2.05, 4.69) is 12.1 Å². The van der Waals surface area contributed by atoms with Crippen molar-refractivity contribution in [1.82, 2.24) is 0 Å². The zero-order valence-electron chi connectivity index (χ0n) is 14.3. The minimum atomic E-state index is -0.814. The van der Waals surface area contributed by atoms with Gasteiger partial charge >= 0.3 is 0 Å². The third-order valence-electron chi connectivity index (χ3n) is 6.04. The molecule has 0 aliphatic heterocycles. The molecule has 0 saturated carbocycles. The minimum Gasteiger partial charge on any atom is -0.204 e. The molecule has 0 atom stereocenters. The predicted octanol–water partition coefficient (Wildman–Crippen LogP) is 6.31. The van der Waals surface area contributed by atoms with Gasteiger partial charge in [0.2, 0.25) is 0 Å². The SMILES string of the molecule is Fc1ccc2c(c1F)C1(c3ccccc3-c3ccccc31)c1ccccc1-2. The fourth-order valence-electron chi connectivity index (χ4n) is 5.12. The van der Waals surface area contributed by atoms with Crippen LogP contribution in [0.5, 0.6) is 0 Å². The van der Waals surface area contributed by atoms with Crippen molar-refractivity contribution in [2.75, 3.05) is 0 Å². The van der Waals surface area contributed by atoms with E-state index >= 15 is 4.39 Å². The second kappa shape index (κ2) is 4.92. The van der Waals surface area contributed by atoms with E-state index in [1.165, 1.54) is 6.07 Å². The van der Waals surface area contributed by atoms with Gasteiger partial charge in [0.1, 0.15) is 0 Å². The summed E-state index contributed by atoms with van der Waals surface area (Å²) < 4.78 is 29.8. The molecule has 1 spiro atoms. The topological polar surface area (TPSA) is 0 Å². The lowest BCUT2D eigenvalue weighted by Crippen LogP contribution is -2.27. The van der Waals surface area contributed by atoms with Gasteiger partial charge in [-0.3, -0.25) is 0 Å². The molecule has 2 heteroatoms. The number of hydrogen-bond acceptors (Lipinski definition) is 0. The molecule has 0 fully saturated rings. The molecule has 0 radical (unpaired) electrons. The molecule has 6 rings (SSSR count). The molecule has 0 aromatic heterocycles. The van der Waals surface area contributed by atoms with Gasteiger partial charge < -0.3 is 0 Å². The molecule has 27 heavy (non-hydrogen) atoms. The molecule has 0 unspecified atom stereocenters. The first kappa shape index (κ1) is 14.9. The van der Waals surface area contributed by atoms with Crippen LogP contribution in [-0.4, -0.2) is 0 Å². The molecule has 4 aromatic carbocycles. The molecule has 4 aromatic rings. The van der Waals surface area contributed by atoms with E-state index in [9.17, 15) is 4.39 Å². The predicted molar refractivity (Wildman–Crippen MR) is 103 cm³/mol. The molecule has 0 heterocycles. The summed E-state index contributed by atoms with van der Waals surface area (Å²) in [5.41, 5.74) is 6.57. The number of halogens is 2. The van der Waals surface area contributed by atoms with Crippen LogP contribution in [0.3, 0.4) is 0 Å². The molecule has 0 bridgehead atoms. The minimum absolute atomic E-state index is 0.432. The van der Waals surface area contributed by atoms with Gasteiger partial charge in [0, 0.05) is 5.56 Å². The first-order valence-corrected chi connectivity index (χ1v) is 9.02. The number of hydrogen-bond donors (Lipinski definition) is 0. The van der Waals surface area contributed by atoms with Crippen LogP contribution in [0.25, 0.3) is 22.3 Å². The lowest BCUT2D eigenvalue weighted by Gasteiger charge is -2.30. The fraction of sp³-hybridized carbons (Fsp3) is 0.0400. The van der Waals surface area contributed by atoms with Crippen LogP contribution >= 0.6 is 0 Å². The van der Waals surface area contributed by atoms with Gasteiger partial charge in [-0.2, -0.15) is 0 Å². The van der Waals surface area contributed by atoms with Crippen molar-refractivity contribution in [1.29, 1.82) is 0 Å². The van der Waals surface area contributed by atoms with Crippen molar-refractivity contribution in [3.05, 3.63) is 119 Å². The highest BCUT2D eigenvalue weighted by Crippen LogP contribution is 2.63.